The van der Waals surface area contributed by atoms with Gasteiger partial charge in [0.2, 0.25) is 0 Å². The largest absolute Gasteiger partial charge is 0.478 e. The van der Waals surface area contributed by atoms with E-state index >= 15 is 0 Å². The molecule has 1 heterocycles. The zero-order valence-corrected chi connectivity index (χ0v) is 12.4. The Hall–Kier alpha value is -2.60. The summed E-state index contributed by atoms with van der Waals surface area (Å²) in [6, 6.07) is 15.1. The fraction of sp³-hybridized carbons (Fsp3) is 0.0625. The van der Waals surface area contributed by atoms with Gasteiger partial charge in [-0.2, -0.15) is 4.09 Å². The summed E-state index contributed by atoms with van der Waals surface area (Å²) in [5.41, 5.74) is 3.54. The molecule has 0 aliphatic carbocycles. The molecule has 0 saturated carbocycles. The van der Waals surface area contributed by atoms with Crippen molar-refractivity contribution in [3.63, 3.8) is 0 Å². The van der Waals surface area contributed by atoms with Gasteiger partial charge in [0.1, 0.15) is 12.7 Å². The summed E-state index contributed by atoms with van der Waals surface area (Å²) in [6.07, 6.45) is 3.18. The van der Waals surface area contributed by atoms with Crippen LogP contribution in [0.15, 0.2) is 61.2 Å². The van der Waals surface area contributed by atoms with Crippen LogP contribution >= 0.6 is 11.9 Å². The number of rotatable bonds is 5. The van der Waals surface area contributed by atoms with Gasteiger partial charge in [-0.1, -0.05) is 36.4 Å². The molecule has 0 spiro atoms. The van der Waals surface area contributed by atoms with E-state index in [0.29, 0.717) is 5.56 Å². The molecule has 3 rings (SSSR count). The molecule has 5 nitrogen and oxygen atoms in total. The molecular formula is C16H13N3O2S. The van der Waals surface area contributed by atoms with Gasteiger partial charge in [0.25, 0.3) is 0 Å². The fourth-order valence-corrected chi connectivity index (χ4v) is 2.71. The number of aromatic nitrogens is 3. The molecular weight excluding hydrogens is 298 g/mol. The Morgan fingerprint density at radius 2 is 1.68 bits per heavy atom. The minimum Gasteiger partial charge on any atom is -0.478 e. The van der Waals surface area contributed by atoms with Gasteiger partial charge >= 0.3 is 5.97 Å². The summed E-state index contributed by atoms with van der Waals surface area (Å²) >= 11 is 1.56. The molecule has 0 radical (unpaired) electrons. The van der Waals surface area contributed by atoms with Crippen molar-refractivity contribution in [2.75, 3.05) is 0 Å². The Kier molecular flexibility index (Phi) is 4.20. The summed E-state index contributed by atoms with van der Waals surface area (Å²) in [7, 11) is 0. The second-order valence-electron chi connectivity index (χ2n) is 4.65. The first-order valence-corrected chi connectivity index (χ1v) is 7.57. The lowest BCUT2D eigenvalue weighted by atomic mass is 10.0. The van der Waals surface area contributed by atoms with Crippen LogP contribution in [-0.4, -0.2) is 25.2 Å². The van der Waals surface area contributed by atoms with Crippen molar-refractivity contribution in [3.8, 4) is 11.1 Å². The highest BCUT2D eigenvalue weighted by molar-refractivity contribution is 7.96. The van der Waals surface area contributed by atoms with Crippen molar-refractivity contribution in [1.82, 2.24) is 14.2 Å². The maximum Gasteiger partial charge on any atom is 0.335 e. The summed E-state index contributed by atoms with van der Waals surface area (Å²) in [6.45, 7) is 0. The van der Waals surface area contributed by atoms with Crippen molar-refractivity contribution in [1.29, 1.82) is 0 Å². The van der Waals surface area contributed by atoms with Crippen LogP contribution in [0.25, 0.3) is 11.1 Å². The van der Waals surface area contributed by atoms with E-state index in [9.17, 15) is 4.79 Å². The molecule has 0 saturated heterocycles. The number of hydrogen-bond acceptors (Lipinski definition) is 4. The molecule has 0 fully saturated rings. The average Bonchev–Trinajstić information content (AvgIpc) is 3.07. The minimum atomic E-state index is -0.910. The number of benzene rings is 2. The smallest absolute Gasteiger partial charge is 0.335 e. The van der Waals surface area contributed by atoms with E-state index < -0.39 is 5.97 Å². The Bertz CT molecular complexity index is 753. The summed E-state index contributed by atoms with van der Waals surface area (Å²) in [5.74, 6) is -0.103. The second-order valence-corrected chi connectivity index (χ2v) is 5.57. The van der Waals surface area contributed by atoms with Crippen molar-refractivity contribution in [2.24, 2.45) is 0 Å². The Morgan fingerprint density at radius 3 is 2.23 bits per heavy atom. The number of hydrogen-bond donors (Lipinski definition) is 1. The monoisotopic (exact) mass is 311 g/mol. The van der Waals surface area contributed by atoms with Crippen LogP contribution in [0.4, 0.5) is 0 Å². The fourth-order valence-electron chi connectivity index (χ4n) is 2.00. The van der Waals surface area contributed by atoms with Gasteiger partial charge in [0, 0.05) is 5.75 Å². The number of nitrogens with zero attached hydrogens (tertiary/aromatic N) is 3. The van der Waals surface area contributed by atoms with E-state index in [0.717, 1.165) is 16.9 Å². The highest BCUT2D eigenvalue weighted by atomic mass is 32.2. The molecule has 0 atom stereocenters. The first kappa shape index (κ1) is 14.3. The van der Waals surface area contributed by atoms with Crippen LogP contribution in [0.1, 0.15) is 15.9 Å². The topological polar surface area (TPSA) is 68.0 Å². The summed E-state index contributed by atoms with van der Waals surface area (Å²) in [4.78, 5) is 14.7. The predicted octanol–water partition coefficient (Wildman–Crippen LogP) is 3.34. The molecule has 0 amide bonds. The average molecular weight is 311 g/mol. The van der Waals surface area contributed by atoms with Crippen LogP contribution in [0.5, 0.6) is 0 Å². The zero-order valence-electron chi connectivity index (χ0n) is 11.6. The Balaban J connectivity index is 1.69. The quantitative estimate of drug-likeness (QED) is 0.782. The number of aromatic carboxylic acids is 1. The Morgan fingerprint density at radius 1 is 1.05 bits per heavy atom. The second kappa shape index (κ2) is 6.44. The molecule has 110 valence electrons. The van der Waals surface area contributed by atoms with Crippen LogP contribution in [0.3, 0.4) is 0 Å². The molecule has 6 heteroatoms. The number of carboxylic acids is 1. The van der Waals surface area contributed by atoms with Crippen LogP contribution in [0.2, 0.25) is 0 Å². The van der Waals surface area contributed by atoms with E-state index in [-0.39, 0.29) is 0 Å². The standard InChI is InChI=1S/C16H13N3O2S/c20-16(21)15-7-5-14(6-8-15)13-3-1-12(2-4-13)9-22-19-11-17-10-18-19/h1-8,10-11H,9H2,(H,20,21). The first-order chi connectivity index (χ1) is 10.7. The number of carboxylic acid groups (broad SMARTS) is 1. The summed E-state index contributed by atoms with van der Waals surface area (Å²) < 4.78 is 1.72. The van der Waals surface area contributed by atoms with Crippen LogP contribution in [0, 0.1) is 0 Å². The minimum absolute atomic E-state index is 0.296. The third-order valence-electron chi connectivity index (χ3n) is 3.18. The van der Waals surface area contributed by atoms with Crippen molar-refractivity contribution < 1.29 is 9.90 Å². The van der Waals surface area contributed by atoms with Crippen molar-refractivity contribution in [2.45, 2.75) is 5.75 Å². The third kappa shape index (κ3) is 3.35. The van der Waals surface area contributed by atoms with Gasteiger partial charge in [-0.3, -0.25) is 0 Å². The molecule has 1 N–H and O–H groups in total. The highest BCUT2D eigenvalue weighted by Gasteiger charge is 2.03. The van der Waals surface area contributed by atoms with Gasteiger partial charge in [0.05, 0.1) is 5.56 Å². The van der Waals surface area contributed by atoms with E-state index in [1.807, 2.05) is 24.3 Å². The van der Waals surface area contributed by atoms with E-state index in [4.69, 9.17) is 5.11 Å². The van der Waals surface area contributed by atoms with Gasteiger partial charge in [-0.25, -0.2) is 9.78 Å². The zero-order chi connectivity index (χ0) is 15.4. The SMILES string of the molecule is O=C(O)c1ccc(-c2ccc(CSn3cncn3)cc2)cc1. The highest BCUT2D eigenvalue weighted by Crippen LogP contribution is 2.22. The van der Waals surface area contributed by atoms with Crippen molar-refractivity contribution >= 4 is 17.9 Å². The van der Waals surface area contributed by atoms with Gasteiger partial charge in [-0.05, 0) is 40.8 Å². The first-order valence-electron chi connectivity index (χ1n) is 6.63. The van der Waals surface area contributed by atoms with Gasteiger partial charge in [-0.15, -0.1) is 5.10 Å². The normalized spacial score (nSPS) is 10.5. The van der Waals surface area contributed by atoms with Crippen molar-refractivity contribution in [3.05, 3.63) is 72.3 Å². The molecule has 22 heavy (non-hydrogen) atoms. The molecule has 1 aromatic heterocycles. The molecule has 3 aromatic rings. The third-order valence-corrected chi connectivity index (χ3v) is 4.10. The van der Waals surface area contributed by atoms with Gasteiger partial charge in [0.15, 0.2) is 0 Å². The lowest BCUT2D eigenvalue weighted by Crippen LogP contribution is -1.95. The lowest BCUT2D eigenvalue weighted by molar-refractivity contribution is 0.0697. The molecule has 2 aromatic carbocycles. The molecule has 0 aliphatic rings. The van der Waals surface area contributed by atoms with Crippen LogP contribution < -0.4 is 0 Å². The Labute approximate surface area is 131 Å². The molecule has 0 aliphatic heterocycles. The maximum atomic E-state index is 10.8. The van der Waals surface area contributed by atoms with E-state index in [1.54, 1.807) is 34.5 Å². The van der Waals surface area contributed by atoms with E-state index in [2.05, 4.69) is 22.2 Å². The van der Waals surface area contributed by atoms with Crippen LogP contribution in [-0.2, 0) is 5.75 Å². The lowest BCUT2D eigenvalue weighted by Gasteiger charge is -2.05. The predicted molar refractivity (Wildman–Crippen MR) is 85.6 cm³/mol. The van der Waals surface area contributed by atoms with Gasteiger partial charge < -0.3 is 5.11 Å². The molecule has 0 bridgehead atoms. The number of carbonyl (C=O) groups is 1. The maximum absolute atomic E-state index is 10.8. The summed E-state index contributed by atoms with van der Waals surface area (Å²) in [5, 5.41) is 12.9. The molecule has 0 unspecified atom stereocenters. The van der Waals surface area contributed by atoms with E-state index in [1.165, 1.54) is 11.9 Å².